The van der Waals surface area contributed by atoms with Gasteiger partial charge in [-0.15, -0.1) is 0 Å². The van der Waals surface area contributed by atoms with Gasteiger partial charge >= 0.3 is 0 Å². The lowest BCUT2D eigenvalue weighted by molar-refractivity contribution is 0.192. The van der Waals surface area contributed by atoms with E-state index >= 15 is 0 Å². The van der Waals surface area contributed by atoms with Gasteiger partial charge in [-0.05, 0) is 38.3 Å². The first-order valence-corrected chi connectivity index (χ1v) is 6.41. The number of hydrogen-bond acceptors (Lipinski definition) is 5. The lowest BCUT2D eigenvalue weighted by atomic mass is 10.2. The number of hydrogen-bond donors (Lipinski definition) is 2. The molecule has 2 heterocycles. The molecule has 2 N–H and O–H groups in total. The van der Waals surface area contributed by atoms with Gasteiger partial charge in [0.05, 0.1) is 6.10 Å². The summed E-state index contributed by atoms with van der Waals surface area (Å²) in [5, 5.41) is 16.8. The Hall–Kier alpha value is -0.980. The van der Waals surface area contributed by atoms with Crippen LogP contribution < -0.4 is 5.32 Å². The first kappa shape index (κ1) is 11.5. The molecule has 1 atom stereocenters. The van der Waals surface area contributed by atoms with Crippen molar-refractivity contribution in [3.8, 4) is 0 Å². The Morgan fingerprint density at radius 3 is 3.06 bits per heavy atom. The largest absolute Gasteiger partial charge is 0.387 e. The van der Waals surface area contributed by atoms with Gasteiger partial charge < -0.3 is 10.4 Å². The molecule has 0 bridgehead atoms. The quantitative estimate of drug-likeness (QED) is 0.852. The van der Waals surface area contributed by atoms with Gasteiger partial charge in [0.2, 0.25) is 0 Å². The Morgan fingerprint density at radius 2 is 2.38 bits per heavy atom. The van der Waals surface area contributed by atoms with E-state index in [2.05, 4.69) is 31.2 Å². The Labute approximate surface area is 106 Å². The van der Waals surface area contributed by atoms with Crippen LogP contribution in [0.1, 0.15) is 11.7 Å². The van der Waals surface area contributed by atoms with E-state index in [1.807, 2.05) is 16.8 Å². The minimum absolute atomic E-state index is 0.431. The third kappa shape index (κ3) is 3.01. The zero-order chi connectivity index (χ0) is 11.4. The summed E-state index contributed by atoms with van der Waals surface area (Å²) in [6, 6.07) is 3.67. The fourth-order valence-electron chi connectivity index (χ4n) is 1.21. The molecule has 0 amide bonds. The second kappa shape index (κ2) is 5.38. The van der Waals surface area contributed by atoms with E-state index in [0.29, 0.717) is 12.4 Å². The molecule has 0 aliphatic rings. The minimum atomic E-state index is -0.514. The Morgan fingerprint density at radius 1 is 1.50 bits per heavy atom. The number of rotatable bonds is 4. The number of aliphatic hydroxyl groups is 1. The molecule has 2 aromatic rings. The number of thiophene rings is 1. The molecule has 0 aromatic carbocycles. The summed E-state index contributed by atoms with van der Waals surface area (Å²) in [6.45, 7) is 0.431. The van der Waals surface area contributed by atoms with Crippen LogP contribution in [0.25, 0.3) is 0 Å². The van der Waals surface area contributed by atoms with Crippen LogP contribution in [-0.2, 0) is 0 Å². The van der Waals surface area contributed by atoms with Crippen molar-refractivity contribution in [2.75, 3.05) is 11.9 Å². The zero-order valence-electron chi connectivity index (χ0n) is 8.30. The van der Waals surface area contributed by atoms with E-state index in [1.165, 1.54) is 6.33 Å². The van der Waals surface area contributed by atoms with Crippen LogP contribution in [-0.4, -0.2) is 21.6 Å². The first-order valence-electron chi connectivity index (χ1n) is 4.67. The molecule has 16 heavy (non-hydrogen) atoms. The molecule has 0 fully saturated rings. The van der Waals surface area contributed by atoms with Crippen LogP contribution in [0.4, 0.5) is 5.82 Å². The Kier molecular flexibility index (Phi) is 3.87. The number of anilines is 1. The van der Waals surface area contributed by atoms with Gasteiger partial charge in [0.1, 0.15) is 16.7 Å². The molecular formula is C10H10BrN3OS. The Bertz CT molecular complexity index is 449. The molecule has 0 saturated heterocycles. The van der Waals surface area contributed by atoms with Crippen LogP contribution >= 0.6 is 27.3 Å². The monoisotopic (exact) mass is 299 g/mol. The van der Waals surface area contributed by atoms with E-state index in [0.717, 1.165) is 10.2 Å². The minimum Gasteiger partial charge on any atom is -0.387 e. The van der Waals surface area contributed by atoms with Crippen molar-refractivity contribution in [2.45, 2.75) is 6.10 Å². The summed E-state index contributed by atoms with van der Waals surface area (Å²) in [7, 11) is 0. The maximum Gasteiger partial charge on any atom is 0.130 e. The summed E-state index contributed by atoms with van der Waals surface area (Å²) in [5.41, 5.74) is 0.922. The van der Waals surface area contributed by atoms with E-state index < -0.39 is 6.10 Å². The third-order valence-electron chi connectivity index (χ3n) is 2.04. The van der Waals surface area contributed by atoms with Crippen LogP contribution in [0.5, 0.6) is 0 Å². The predicted octanol–water partition coefficient (Wildman–Crippen LogP) is 2.45. The van der Waals surface area contributed by atoms with Crippen molar-refractivity contribution in [3.05, 3.63) is 39.4 Å². The smallest absolute Gasteiger partial charge is 0.130 e. The van der Waals surface area contributed by atoms with Gasteiger partial charge in [0.15, 0.2) is 0 Å². The molecule has 2 rings (SSSR count). The average Bonchev–Trinajstić information content (AvgIpc) is 2.79. The van der Waals surface area contributed by atoms with Gasteiger partial charge in [-0.1, -0.05) is 0 Å². The molecule has 0 saturated carbocycles. The molecule has 0 aliphatic heterocycles. The van der Waals surface area contributed by atoms with Crippen molar-refractivity contribution in [3.63, 3.8) is 0 Å². The summed E-state index contributed by atoms with van der Waals surface area (Å²) in [6.07, 6.45) is 0.948. The molecule has 6 heteroatoms. The normalized spacial score (nSPS) is 12.4. The number of aliphatic hydroxyl groups excluding tert-OH is 1. The highest BCUT2D eigenvalue weighted by atomic mass is 79.9. The molecule has 0 spiro atoms. The van der Waals surface area contributed by atoms with Crippen molar-refractivity contribution < 1.29 is 5.11 Å². The first-order chi connectivity index (χ1) is 7.75. The molecular weight excluding hydrogens is 290 g/mol. The topological polar surface area (TPSA) is 58.0 Å². The second-order valence-corrected chi connectivity index (χ2v) is 4.77. The van der Waals surface area contributed by atoms with E-state index in [1.54, 1.807) is 17.4 Å². The van der Waals surface area contributed by atoms with Crippen LogP contribution in [0, 0.1) is 0 Å². The van der Waals surface area contributed by atoms with Crippen LogP contribution in [0.2, 0.25) is 0 Å². The summed E-state index contributed by atoms with van der Waals surface area (Å²) >= 11 is 4.83. The fourth-order valence-corrected chi connectivity index (χ4v) is 2.23. The second-order valence-electron chi connectivity index (χ2n) is 3.18. The standard InChI is InChI=1S/C10H10BrN3OS/c11-9-3-10(14-6-13-9)12-4-8(15)7-1-2-16-5-7/h1-3,5-6,8,15H,4H2,(H,12,13,14). The van der Waals surface area contributed by atoms with Crippen LogP contribution in [0.3, 0.4) is 0 Å². The Balaban J connectivity index is 1.92. The predicted molar refractivity (Wildman–Crippen MR) is 67.5 cm³/mol. The molecule has 0 aliphatic carbocycles. The van der Waals surface area contributed by atoms with Crippen LogP contribution in [0.15, 0.2) is 33.8 Å². The highest BCUT2D eigenvalue weighted by molar-refractivity contribution is 9.10. The zero-order valence-corrected chi connectivity index (χ0v) is 10.7. The van der Waals surface area contributed by atoms with Crippen molar-refractivity contribution in [2.24, 2.45) is 0 Å². The molecule has 84 valence electrons. The summed E-state index contributed by atoms with van der Waals surface area (Å²) in [5.74, 6) is 0.691. The molecule has 2 aromatic heterocycles. The van der Waals surface area contributed by atoms with E-state index in [9.17, 15) is 5.11 Å². The SMILES string of the molecule is OC(CNc1cc(Br)ncn1)c1ccsc1. The van der Waals surface area contributed by atoms with E-state index in [-0.39, 0.29) is 0 Å². The van der Waals surface area contributed by atoms with Gasteiger partial charge in [0, 0.05) is 12.6 Å². The highest BCUT2D eigenvalue weighted by Gasteiger charge is 2.07. The van der Waals surface area contributed by atoms with Crippen molar-refractivity contribution in [1.82, 2.24) is 9.97 Å². The molecule has 1 unspecified atom stereocenters. The lowest BCUT2D eigenvalue weighted by Crippen LogP contribution is -2.12. The number of halogens is 1. The number of nitrogens with zero attached hydrogens (tertiary/aromatic N) is 2. The molecule has 0 radical (unpaired) electrons. The average molecular weight is 300 g/mol. The van der Waals surface area contributed by atoms with Gasteiger partial charge in [-0.3, -0.25) is 0 Å². The van der Waals surface area contributed by atoms with Gasteiger partial charge in [0.25, 0.3) is 0 Å². The number of aromatic nitrogens is 2. The fraction of sp³-hybridized carbons (Fsp3) is 0.200. The number of nitrogens with one attached hydrogen (secondary N) is 1. The lowest BCUT2D eigenvalue weighted by Gasteiger charge is -2.10. The van der Waals surface area contributed by atoms with Crippen molar-refractivity contribution >= 4 is 33.1 Å². The van der Waals surface area contributed by atoms with Gasteiger partial charge in [-0.25, -0.2) is 9.97 Å². The molecule has 4 nitrogen and oxygen atoms in total. The van der Waals surface area contributed by atoms with Crippen molar-refractivity contribution in [1.29, 1.82) is 0 Å². The maximum atomic E-state index is 9.83. The summed E-state index contributed by atoms with van der Waals surface area (Å²) < 4.78 is 0.718. The highest BCUT2D eigenvalue weighted by Crippen LogP contribution is 2.17. The van der Waals surface area contributed by atoms with E-state index in [4.69, 9.17) is 0 Å². The van der Waals surface area contributed by atoms with Gasteiger partial charge in [-0.2, -0.15) is 11.3 Å². The maximum absolute atomic E-state index is 9.83. The summed E-state index contributed by atoms with van der Waals surface area (Å²) in [4.78, 5) is 7.95. The third-order valence-corrected chi connectivity index (χ3v) is 3.17.